The Hall–Kier alpha value is -2.47. The van der Waals surface area contributed by atoms with Crippen LogP contribution >= 0.6 is 0 Å². The number of pyridine rings is 2. The van der Waals surface area contributed by atoms with Gasteiger partial charge in [-0.2, -0.15) is 0 Å². The molecule has 1 fully saturated rings. The van der Waals surface area contributed by atoms with Gasteiger partial charge in [0.15, 0.2) is 0 Å². The molecule has 2 aromatic heterocycles. The number of piperidine rings is 1. The molecule has 0 radical (unpaired) electrons. The molecule has 0 bridgehead atoms. The van der Waals surface area contributed by atoms with Gasteiger partial charge in [-0.1, -0.05) is 0 Å². The molecule has 1 aliphatic heterocycles. The standard InChI is InChI=1S/C17H17FN4O/c18-10-3-4-12-13(8-10)15-14(5-7-20-17(15)23)22-16(12)21-11-2-1-6-19-9-11/h3-5,7-8,11,19H,1-2,6,9H2,(H,20,23)(H,21,22)/t11-/m1/s1. The number of hydrogen-bond acceptors (Lipinski definition) is 4. The number of hydrogen-bond donors (Lipinski definition) is 3. The van der Waals surface area contributed by atoms with Gasteiger partial charge in [0.1, 0.15) is 11.6 Å². The highest BCUT2D eigenvalue weighted by Gasteiger charge is 2.17. The predicted octanol–water partition coefficient (Wildman–Crippen LogP) is 2.38. The first-order chi connectivity index (χ1) is 11.2. The van der Waals surface area contributed by atoms with E-state index in [1.165, 1.54) is 12.1 Å². The largest absolute Gasteiger partial charge is 0.366 e. The van der Waals surface area contributed by atoms with Crippen molar-refractivity contribution < 1.29 is 4.39 Å². The average Bonchev–Trinajstić information content (AvgIpc) is 2.55. The van der Waals surface area contributed by atoms with Crippen molar-refractivity contribution in [1.29, 1.82) is 0 Å². The van der Waals surface area contributed by atoms with Gasteiger partial charge in [-0.15, -0.1) is 0 Å². The summed E-state index contributed by atoms with van der Waals surface area (Å²) in [5.41, 5.74) is 0.314. The van der Waals surface area contributed by atoms with Crippen LogP contribution in [-0.2, 0) is 0 Å². The molecule has 5 nitrogen and oxygen atoms in total. The highest BCUT2D eigenvalue weighted by Crippen LogP contribution is 2.28. The summed E-state index contributed by atoms with van der Waals surface area (Å²) in [6.45, 7) is 1.91. The van der Waals surface area contributed by atoms with Crippen LogP contribution in [0, 0.1) is 5.82 Å². The number of aromatic amines is 1. The van der Waals surface area contributed by atoms with Crippen LogP contribution in [0.2, 0.25) is 0 Å². The number of aromatic nitrogens is 2. The molecule has 3 heterocycles. The molecule has 0 unspecified atom stereocenters. The monoisotopic (exact) mass is 312 g/mol. The highest BCUT2D eigenvalue weighted by molar-refractivity contribution is 6.09. The molecule has 1 aromatic carbocycles. The second kappa shape index (κ2) is 5.62. The number of nitrogens with one attached hydrogen (secondary N) is 3. The number of rotatable bonds is 2. The molecule has 0 aliphatic carbocycles. The van der Waals surface area contributed by atoms with E-state index in [9.17, 15) is 9.18 Å². The Morgan fingerprint density at radius 3 is 3.00 bits per heavy atom. The van der Waals surface area contributed by atoms with Gasteiger partial charge in [0.05, 0.1) is 10.9 Å². The van der Waals surface area contributed by atoms with Crippen molar-refractivity contribution in [3.63, 3.8) is 0 Å². The quantitative estimate of drug-likeness (QED) is 0.636. The first kappa shape index (κ1) is 14.1. The summed E-state index contributed by atoms with van der Waals surface area (Å²) in [6.07, 6.45) is 3.73. The average molecular weight is 312 g/mol. The fourth-order valence-corrected chi connectivity index (χ4v) is 3.21. The Labute approximate surface area is 131 Å². The molecule has 1 atom stereocenters. The van der Waals surface area contributed by atoms with Crippen molar-refractivity contribution in [3.8, 4) is 0 Å². The van der Waals surface area contributed by atoms with E-state index < -0.39 is 0 Å². The van der Waals surface area contributed by atoms with Crippen LogP contribution < -0.4 is 16.2 Å². The molecule has 0 saturated carbocycles. The van der Waals surface area contributed by atoms with E-state index in [0.29, 0.717) is 22.1 Å². The van der Waals surface area contributed by atoms with E-state index in [-0.39, 0.29) is 17.4 Å². The molecule has 6 heteroatoms. The Balaban J connectivity index is 1.93. The lowest BCUT2D eigenvalue weighted by Gasteiger charge is -2.25. The topological polar surface area (TPSA) is 69.8 Å². The van der Waals surface area contributed by atoms with E-state index in [1.54, 1.807) is 18.3 Å². The van der Waals surface area contributed by atoms with Crippen molar-refractivity contribution in [1.82, 2.24) is 15.3 Å². The third kappa shape index (κ3) is 2.55. The normalized spacial score (nSPS) is 18.4. The van der Waals surface area contributed by atoms with Gasteiger partial charge < -0.3 is 15.6 Å². The lowest BCUT2D eigenvalue weighted by Crippen LogP contribution is -2.38. The minimum atomic E-state index is -0.362. The molecule has 3 aromatic rings. The Morgan fingerprint density at radius 2 is 2.17 bits per heavy atom. The summed E-state index contributed by atoms with van der Waals surface area (Å²) in [6, 6.07) is 6.51. The second-order valence-corrected chi connectivity index (χ2v) is 5.90. The van der Waals surface area contributed by atoms with E-state index >= 15 is 0 Å². The maximum absolute atomic E-state index is 13.7. The zero-order chi connectivity index (χ0) is 15.8. The molecule has 1 saturated heterocycles. The van der Waals surface area contributed by atoms with Crippen LogP contribution in [0.3, 0.4) is 0 Å². The molecule has 23 heavy (non-hydrogen) atoms. The zero-order valence-corrected chi connectivity index (χ0v) is 12.5. The van der Waals surface area contributed by atoms with Crippen molar-refractivity contribution in [2.24, 2.45) is 0 Å². The maximum atomic E-state index is 13.7. The smallest absolute Gasteiger partial charge is 0.258 e. The molecule has 0 spiro atoms. The van der Waals surface area contributed by atoms with Gasteiger partial charge in [0.25, 0.3) is 5.56 Å². The van der Waals surface area contributed by atoms with Crippen molar-refractivity contribution in [2.75, 3.05) is 18.4 Å². The summed E-state index contributed by atoms with van der Waals surface area (Å²) >= 11 is 0. The molecular formula is C17H17FN4O. The summed E-state index contributed by atoms with van der Waals surface area (Å²) < 4.78 is 13.7. The molecule has 0 amide bonds. The van der Waals surface area contributed by atoms with Gasteiger partial charge >= 0.3 is 0 Å². The number of fused-ring (bicyclic) bond motifs is 3. The minimum Gasteiger partial charge on any atom is -0.366 e. The predicted molar refractivity (Wildman–Crippen MR) is 89.3 cm³/mol. The van der Waals surface area contributed by atoms with Crippen molar-refractivity contribution in [2.45, 2.75) is 18.9 Å². The van der Waals surface area contributed by atoms with Crippen LogP contribution in [0.1, 0.15) is 12.8 Å². The Morgan fingerprint density at radius 1 is 1.26 bits per heavy atom. The lowest BCUT2D eigenvalue weighted by atomic mass is 10.0. The molecule has 4 rings (SSSR count). The minimum absolute atomic E-state index is 0.253. The fraction of sp³-hybridized carbons (Fsp3) is 0.294. The number of H-pyrrole nitrogens is 1. The molecular weight excluding hydrogens is 295 g/mol. The van der Waals surface area contributed by atoms with Crippen LogP contribution in [-0.4, -0.2) is 29.1 Å². The van der Waals surface area contributed by atoms with Gasteiger partial charge in [0.2, 0.25) is 0 Å². The summed E-state index contributed by atoms with van der Waals surface area (Å²) in [7, 11) is 0. The van der Waals surface area contributed by atoms with E-state index in [4.69, 9.17) is 0 Å². The molecule has 118 valence electrons. The van der Waals surface area contributed by atoms with Gasteiger partial charge in [-0.3, -0.25) is 4.79 Å². The van der Waals surface area contributed by atoms with E-state index in [1.807, 2.05) is 0 Å². The summed E-state index contributed by atoms with van der Waals surface area (Å²) in [4.78, 5) is 19.4. The lowest BCUT2D eigenvalue weighted by molar-refractivity contribution is 0.479. The maximum Gasteiger partial charge on any atom is 0.258 e. The van der Waals surface area contributed by atoms with Crippen LogP contribution in [0.25, 0.3) is 21.7 Å². The second-order valence-electron chi connectivity index (χ2n) is 5.90. The fourth-order valence-electron chi connectivity index (χ4n) is 3.21. The summed E-state index contributed by atoms with van der Waals surface area (Å²) in [5.74, 6) is 0.338. The van der Waals surface area contributed by atoms with Crippen molar-refractivity contribution in [3.05, 3.63) is 46.6 Å². The van der Waals surface area contributed by atoms with Gasteiger partial charge in [0, 0.05) is 29.6 Å². The number of nitrogens with zero attached hydrogens (tertiary/aromatic N) is 1. The first-order valence-corrected chi connectivity index (χ1v) is 7.80. The van der Waals surface area contributed by atoms with Gasteiger partial charge in [-0.25, -0.2) is 9.37 Å². The van der Waals surface area contributed by atoms with Crippen LogP contribution in [0.15, 0.2) is 35.3 Å². The Bertz CT molecular complexity index is 931. The van der Waals surface area contributed by atoms with Gasteiger partial charge in [-0.05, 0) is 43.7 Å². The number of benzene rings is 1. The van der Waals surface area contributed by atoms with Crippen molar-refractivity contribution >= 4 is 27.5 Å². The Kier molecular flexibility index (Phi) is 3.46. The highest BCUT2D eigenvalue weighted by atomic mass is 19.1. The van der Waals surface area contributed by atoms with Crippen LogP contribution in [0.4, 0.5) is 10.2 Å². The van der Waals surface area contributed by atoms with E-state index in [0.717, 1.165) is 31.3 Å². The third-order valence-corrected chi connectivity index (χ3v) is 4.31. The van der Waals surface area contributed by atoms with Crippen LogP contribution in [0.5, 0.6) is 0 Å². The molecule has 3 N–H and O–H groups in total. The SMILES string of the molecule is O=c1[nH]ccc2nc(N[C@@H]3CCCNC3)c3ccc(F)cc3c12. The van der Waals surface area contributed by atoms with E-state index in [2.05, 4.69) is 20.6 Å². The summed E-state index contributed by atoms with van der Waals surface area (Å²) in [5, 5.41) is 8.58. The first-order valence-electron chi connectivity index (χ1n) is 7.80. The number of anilines is 1. The zero-order valence-electron chi connectivity index (χ0n) is 12.5. The molecule has 1 aliphatic rings. The number of halogens is 1. The third-order valence-electron chi connectivity index (χ3n) is 4.31.